The molecule has 1 heterocycles. The number of hydrogen-bond acceptors (Lipinski definition) is 2. The zero-order chi connectivity index (χ0) is 19.9. The number of rotatable bonds is 3. The Labute approximate surface area is 173 Å². The van der Waals surface area contributed by atoms with E-state index in [0.29, 0.717) is 10.6 Å². The van der Waals surface area contributed by atoms with E-state index in [1.807, 2.05) is 0 Å². The number of amides is 1. The molecule has 2 aromatic carbocycles. The van der Waals surface area contributed by atoms with E-state index < -0.39 is 24.5 Å². The molecule has 0 N–H and O–H groups in total. The van der Waals surface area contributed by atoms with Crippen LogP contribution in [0.4, 0.5) is 18.9 Å². The molecule has 3 rings (SSSR count). The Hall–Kier alpha value is -1.18. The van der Waals surface area contributed by atoms with Gasteiger partial charge in [-0.3, -0.25) is 4.79 Å². The molecule has 27 heavy (non-hydrogen) atoms. The van der Waals surface area contributed by atoms with Gasteiger partial charge in [0.2, 0.25) is 0 Å². The van der Waals surface area contributed by atoms with Crippen molar-refractivity contribution in [2.75, 3.05) is 11.6 Å². The summed E-state index contributed by atoms with van der Waals surface area (Å²) < 4.78 is 40.1. The number of halogens is 7. The minimum absolute atomic E-state index is 0.0344. The lowest BCUT2D eigenvalue weighted by molar-refractivity contribution is -0.175. The Bertz CT molecular complexity index is 868. The number of nitrogens with zero attached hydrogens (tertiary/aromatic N) is 2. The summed E-state index contributed by atoms with van der Waals surface area (Å²) in [5.74, 6) is -3.37. The molecular weight excluding hydrogens is 447 g/mol. The lowest BCUT2D eigenvalue weighted by Crippen LogP contribution is -2.39. The third-order valence-electron chi connectivity index (χ3n) is 4.08. The van der Waals surface area contributed by atoms with Crippen molar-refractivity contribution in [3.8, 4) is 0 Å². The molecule has 1 atom stereocenters. The molecule has 3 nitrogen and oxygen atoms in total. The van der Waals surface area contributed by atoms with Gasteiger partial charge < -0.3 is 0 Å². The molecule has 1 aliphatic heterocycles. The molecule has 1 amide bonds. The van der Waals surface area contributed by atoms with Crippen molar-refractivity contribution >= 4 is 58.0 Å². The predicted octanol–water partition coefficient (Wildman–Crippen LogP) is 6.24. The molecule has 0 saturated carbocycles. The van der Waals surface area contributed by atoms with E-state index in [-0.39, 0.29) is 27.3 Å². The number of hydrogen-bond donors (Lipinski definition) is 0. The molecule has 1 unspecified atom stereocenters. The second-order valence-electron chi connectivity index (χ2n) is 5.90. The monoisotopic (exact) mass is 456 g/mol. The zero-order valence-electron chi connectivity index (χ0n) is 13.4. The van der Waals surface area contributed by atoms with Crippen molar-refractivity contribution in [3.63, 3.8) is 0 Å². The quantitative estimate of drug-likeness (QED) is 0.544. The van der Waals surface area contributed by atoms with Crippen molar-refractivity contribution in [1.29, 1.82) is 0 Å². The first kappa shape index (κ1) is 20.6. The topological polar surface area (TPSA) is 23.6 Å². The van der Waals surface area contributed by atoms with Crippen LogP contribution in [0.2, 0.25) is 20.1 Å². The number of carbonyl (C=O) groups excluding carboxylic acids is 1. The fraction of sp³-hybridized carbons (Fsp3) is 0.235. The fourth-order valence-corrected chi connectivity index (χ4v) is 4.02. The van der Waals surface area contributed by atoms with Gasteiger partial charge >= 0.3 is 6.18 Å². The lowest BCUT2D eigenvalue weighted by atomic mass is 10.1. The third kappa shape index (κ3) is 4.15. The summed E-state index contributed by atoms with van der Waals surface area (Å²) >= 11 is 24.3. The molecule has 0 spiro atoms. The first-order valence-corrected chi connectivity index (χ1v) is 9.14. The fourth-order valence-electron chi connectivity index (χ4n) is 2.85. The first-order chi connectivity index (χ1) is 12.6. The van der Waals surface area contributed by atoms with Gasteiger partial charge in [-0.1, -0.05) is 64.6 Å². The first-order valence-electron chi connectivity index (χ1n) is 7.63. The van der Waals surface area contributed by atoms with Crippen molar-refractivity contribution in [2.24, 2.45) is 5.92 Å². The molecule has 1 saturated heterocycles. The highest BCUT2D eigenvalue weighted by atomic mass is 35.5. The maximum absolute atomic E-state index is 13.4. The molecule has 0 bridgehead atoms. The number of hydrazine groups is 1. The lowest BCUT2D eigenvalue weighted by Gasteiger charge is -2.29. The van der Waals surface area contributed by atoms with Crippen LogP contribution in [-0.4, -0.2) is 23.6 Å². The Kier molecular flexibility index (Phi) is 5.85. The number of benzene rings is 2. The molecule has 0 aliphatic carbocycles. The van der Waals surface area contributed by atoms with Gasteiger partial charge in [0.15, 0.2) is 0 Å². The number of carbonyl (C=O) groups is 1. The highest BCUT2D eigenvalue weighted by Crippen LogP contribution is 2.43. The summed E-state index contributed by atoms with van der Waals surface area (Å²) in [6.07, 6.45) is -4.71. The number of alkyl halides is 3. The molecule has 144 valence electrons. The summed E-state index contributed by atoms with van der Waals surface area (Å²) in [6.45, 7) is -0.615. The summed E-state index contributed by atoms with van der Waals surface area (Å²) in [5.41, 5.74) is 0.507. The van der Waals surface area contributed by atoms with Crippen LogP contribution < -0.4 is 5.01 Å². The highest BCUT2D eigenvalue weighted by Gasteiger charge is 2.54. The van der Waals surface area contributed by atoms with E-state index in [4.69, 9.17) is 46.4 Å². The van der Waals surface area contributed by atoms with Gasteiger partial charge in [0.05, 0.1) is 15.7 Å². The van der Waals surface area contributed by atoms with Crippen LogP contribution in [0, 0.1) is 5.92 Å². The third-order valence-corrected chi connectivity index (χ3v) is 5.25. The Morgan fingerprint density at radius 2 is 1.59 bits per heavy atom. The van der Waals surface area contributed by atoms with E-state index in [0.717, 1.165) is 5.01 Å². The standard InChI is InChI=1S/C17H11Cl4F3N2O/c18-10-5-13(20)15(14(21)6-10)26-16(27)11(17(22,23)24)8-25(26)7-9-3-1-2-4-12(9)19/h1-6,11H,7-8H2. The summed E-state index contributed by atoms with van der Waals surface area (Å²) in [7, 11) is 0. The summed E-state index contributed by atoms with van der Waals surface area (Å²) in [5, 5.41) is 2.59. The molecule has 0 radical (unpaired) electrons. The maximum Gasteiger partial charge on any atom is 0.401 e. The van der Waals surface area contributed by atoms with E-state index >= 15 is 0 Å². The van der Waals surface area contributed by atoms with E-state index in [9.17, 15) is 18.0 Å². The molecule has 0 aromatic heterocycles. The maximum atomic E-state index is 13.4. The minimum Gasteiger partial charge on any atom is -0.272 e. The van der Waals surface area contributed by atoms with Crippen LogP contribution in [-0.2, 0) is 11.3 Å². The zero-order valence-corrected chi connectivity index (χ0v) is 16.4. The van der Waals surface area contributed by atoms with E-state index in [1.54, 1.807) is 24.3 Å². The second-order valence-corrected chi connectivity index (χ2v) is 7.56. The summed E-state index contributed by atoms with van der Waals surface area (Å²) in [6, 6.07) is 9.30. The van der Waals surface area contributed by atoms with Crippen LogP contribution in [0.5, 0.6) is 0 Å². The van der Waals surface area contributed by atoms with E-state index in [1.165, 1.54) is 17.1 Å². The average molecular weight is 458 g/mol. The van der Waals surface area contributed by atoms with Crippen molar-refractivity contribution < 1.29 is 18.0 Å². The Morgan fingerprint density at radius 3 is 2.15 bits per heavy atom. The van der Waals surface area contributed by atoms with Crippen LogP contribution in [0.25, 0.3) is 0 Å². The van der Waals surface area contributed by atoms with Crippen LogP contribution >= 0.6 is 46.4 Å². The largest absolute Gasteiger partial charge is 0.401 e. The van der Waals surface area contributed by atoms with Gasteiger partial charge in [-0.05, 0) is 23.8 Å². The molecular formula is C17H11Cl4F3N2O. The van der Waals surface area contributed by atoms with Gasteiger partial charge in [0.25, 0.3) is 5.91 Å². The van der Waals surface area contributed by atoms with Crippen molar-refractivity contribution in [3.05, 3.63) is 62.1 Å². The molecule has 2 aromatic rings. The normalized spacial score (nSPS) is 18.4. The van der Waals surface area contributed by atoms with Gasteiger partial charge in [0.1, 0.15) is 5.92 Å². The van der Waals surface area contributed by atoms with Gasteiger partial charge in [-0.25, -0.2) is 10.0 Å². The predicted molar refractivity (Wildman–Crippen MR) is 100 cm³/mol. The van der Waals surface area contributed by atoms with E-state index in [2.05, 4.69) is 0 Å². The van der Waals surface area contributed by atoms with Gasteiger partial charge in [-0.2, -0.15) is 13.2 Å². The van der Waals surface area contributed by atoms with Crippen LogP contribution in [0.15, 0.2) is 36.4 Å². The van der Waals surface area contributed by atoms with Crippen LogP contribution in [0.1, 0.15) is 5.56 Å². The number of anilines is 1. The molecule has 10 heteroatoms. The molecule has 1 fully saturated rings. The highest BCUT2D eigenvalue weighted by molar-refractivity contribution is 6.42. The van der Waals surface area contributed by atoms with Crippen LogP contribution in [0.3, 0.4) is 0 Å². The second kappa shape index (κ2) is 7.68. The average Bonchev–Trinajstić information content (AvgIpc) is 2.86. The van der Waals surface area contributed by atoms with Gasteiger partial charge in [-0.15, -0.1) is 0 Å². The SMILES string of the molecule is O=C1C(C(F)(F)F)CN(Cc2ccccc2Cl)N1c1c(Cl)cc(Cl)cc1Cl. The smallest absolute Gasteiger partial charge is 0.272 e. The summed E-state index contributed by atoms with van der Waals surface area (Å²) in [4.78, 5) is 12.6. The van der Waals surface area contributed by atoms with Crippen molar-refractivity contribution in [2.45, 2.75) is 12.7 Å². The Balaban J connectivity index is 2.07. The Morgan fingerprint density at radius 1 is 1.00 bits per heavy atom. The van der Waals surface area contributed by atoms with Crippen molar-refractivity contribution in [1.82, 2.24) is 5.01 Å². The van der Waals surface area contributed by atoms with Gasteiger partial charge in [0, 0.05) is 23.1 Å². The molecule has 1 aliphatic rings. The minimum atomic E-state index is -4.71.